The minimum Gasteiger partial charge on any atom is -0.481 e. The van der Waals surface area contributed by atoms with Gasteiger partial charge in [-0.15, -0.1) is 0 Å². The fourth-order valence-corrected chi connectivity index (χ4v) is 12.4. The molecule has 15 amide bonds. The van der Waals surface area contributed by atoms with Crippen LogP contribution in [0.4, 0.5) is 0 Å². The monoisotopic (exact) mass is 1770 g/mol. The minimum atomic E-state index is -1.77. The first-order valence-corrected chi connectivity index (χ1v) is 41.4. The van der Waals surface area contributed by atoms with Crippen LogP contribution in [-0.4, -0.2) is 278 Å². The number of nitrogens with one attached hydrogen (secondary N) is 17. The largest absolute Gasteiger partial charge is 0.481 e. The van der Waals surface area contributed by atoms with Gasteiger partial charge in [0.2, 0.25) is 88.6 Å². The van der Waals surface area contributed by atoms with E-state index in [0.717, 1.165) is 6.92 Å². The Balaban J connectivity index is 2.48. The molecule has 1 aromatic carbocycles. The molecule has 2 rings (SSSR count). The summed E-state index contributed by atoms with van der Waals surface area (Å²) in [6.07, 6.45) is -1.78. The summed E-state index contributed by atoms with van der Waals surface area (Å²) in [6, 6.07) is -13.8. The van der Waals surface area contributed by atoms with Crippen LogP contribution in [0.25, 0.3) is 0 Å². The number of unbranched alkanes of at least 4 members (excludes halogenated alkanes) is 3. The van der Waals surface area contributed by atoms with Crippen molar-refractivity contribution in [3.63, 3.8) is 0 Å². The number of rotatable bonds is 63. The molecule has 2 aromatic rings. The molecule has 125 heavy (non-hydrogen) atoms. The van der Waals surface area contributed by atoms with Crippen LogP contribution < -0.4 is 114 Å². The maximum absolute atomic E-state index is 14.7. The molecule has 0 saturated heterocycles. The smallest absolute Gasteiger partial charge is 0.326 e. The van der Waals surface area contributed by atoms with Gasteiger partial charge < -0.3 is 145 Å². The number of hydrogen-bond acceptors (Lipinski definition) is 26. The number of imidazole rings is 1. The number of hydrogen-bond donors (Lipinski definition) is 28. The third-order valence-corrected chi connectivity index (χ3v) is 19.5. The van der Waals surface area contributed by atoms with Crippen LogP contribution in [0.3, 0.4) is 0 Å². The van der Waals surface area contributed by atoms with Crippen molar-refractivity contribution < 1.29 is 112 Å². The van der Waals surface area contributed by atoms with E-state index in [9.17, 15) is 112 Å². The standard InChI is InChI=1S/C78H130N24O23/c1-40(2)60(73(120)94-48(21-12-15-31-80)68(115)97-54(34-44-18-9-8-10-19-44)72(119)93-51(25-28-58(107)108)69(116)91-50(23-17-33-87-78(84)85)67(114)96-53(77(124)125)24-27-56(83)105)99-57(106)37-88-65(112)55(35-45-36-86-39-89-45)98-74(121)61(41(3)4)101-75(122)62(42(5)6)100-71(118)52(26-29-59(109)110)92-66(113)47(20-11-14-30-79)95-76(123)63(43(7)104)102-70(117)49(22-13-16-32-81)90-64(111)46(82)38-103/h8-10,18-19,36,39-43,46-55,60-63,103-104H,11-17,20-35,37-38,79-82H2,1-7H3,(H2,83,105)(H,86,89)(H,88,112)(H,90,111)(H,91,116)(H,92,113)(H,93,119)(H,94,120)(H,95,123)(H,96,114)(H,97,115)(H,98,121)(H,99,106)(H,100,118)(H,101,122)(H,102,117)(H,107,108)(H,109,110)(H,124,125)(H4,84,85,87)/t43-,46+,47+,48+,49+,50+,51+,52+,53+,54+,55+,60+,61+,62+,63+/m1/s1. The molecule has 34 N–H and O–H groups in total. The van der Waals surface area contributed by atoms with E-state index in [1.165, 1.54) is 40.2 Å². The molecule has 0 radical (unpaired) electrons. The van der Waals surface area contributed by atoms with Crippen molar-refractivity contribution in [3.05, 3.63) is 54.1 Å². The molecule has 0 spiro atoms. The lowest BCUT2D eigenvalue weighted by atomic mass is 9.98. The Hall–Kier alpha value is -12.1. The fourth-order valence-electron chi connectivity index (χ4n) is 12.4. The van der Waals surface area contributed by atoms with Gasteiger partial charge in [-0.1, -0.05) is 71.9 Å². The average molecular weight is 1770 g/mol. The lowest BCUT2D eigenvalue weighted by Gasteiger charge is -2.30. The number of carbonyl (C=O) groups is 18. The first-order valence-electron chi connectivity index (χ1n) is 41.4. The Kier molecular flexibility index (Phi) is 50.7. The number of amides is 15. The van der Waals surface area contributed by atoms with Crippen molar-refractivity contribution in [2.45, 2.75) is 261 Å². The van der Waals surface area contributed by atoms with Gasteiger partial charge in [0.05, 0.1) is 31.3 Å². The third kappa shape index (κ3) is 42.2. The van der Waals surface area contributed by atoms with Gasteiger partial charge in [0, 0.05) is 44.8 Å². The lowest BCUT2D eigenvalue weighted by molar-refractivity contribution is -0.143. The average Bonchev–Trinajstić information content (AvgIpc) is 1.20. The first kappa shape index (κ1) is 109. The second-order valence-electron chi connectivity index (χ2n) is 31.0. The second kappa shape index (κ2) is 58.1. The molecule has 0 aliphatic rings. The van der Waals surface area contributed by atoms with Crippen molar-refractivity contribution in [1.29, 1.82) is 5.41 Å². The summed E-state index contributed by atoms with van der Waals surface area (Å²) in [5, 5.41) is 94.4. The van der Waals surface area contributed by atoms with E-state index in [1.807, 2.05) is 0 Å². The van der Waals surface area contributed by atoms with Crippen LogP contribution in [0, 0.1) is 23.2 Å². The van der Waals surface area contributed by atoms with Crippen LogP contribution in [0.2, 0.25) is 0 Å². The molecule has 47 heteroatoms. The maximum atomic E-state index is 14.7. The van der Waals surface area contributed by atoms with Crippen LogP contribution >= 0.6 is 0 Å². The van der Waals surface area contributed by atoms with Crippen LogP contribution in [-0.2, 0) is 99.1 Å². The molecule has 0 saturated carbocycles. The number of carboxylic acids is 3. The van der Waals surface area contributed by atoms with Crippen molar-refractivity contribution in [2.24, 2.45) is 52.2 Å². The fraction of sp³-hybridized carbons (Fsp3) is 0.641. The highest BCUT2D eigenvalue weighted by atomic mass is 16.4. The van der Waals surface area contributed by atoms with E-state index in [4.69, 9.17) is 39.8 Å². The Labute approximate surface area is 723 Å². The van der Waals surface area contributed by atoms with Gasteiger partial charge >= 0.3 is 17.9 Å². The molecule has 1 aromatic heterocycles. The number of guanidine groups is 1. The molecule has 15 atom stereocenters. The zero-order valence-corrected chi connectivity index (χ0v) is 71.6. The molecule has 1 heterocycles. The predicted octanol–water partition coefficient (Wildman–Crippen LogP) is -7.99. The van der Waals surface area contributed by atoms with Gasteiger partial charge in [-0.25, -0.2) is 9.78 Å². The Morgan fingerprint density at radius 1 is 0.408 bits per heavy atom. The summed E-state index contributed by atoms with van der Waals surface area (Å²) < 4.78 is 0. The molecule has 0 aliphatic heterocycles. The maximum Gasteiger partial charge on any atom is 0.326 e. The summed E-state index contributed by atoms with van der Waals surface area (Å²) in [5.41, 5.74) is 34.1. The predicted molar refractivity (Wildman–Crippen MR) is 449 cm³/mol. The number of benzene rings is 1. The summed E-state index contributed by atoms with van der Waals surface area (Å²) >= 11 is 0. The lowest BCUT2D eigenvalue weighted by Crippen LogP contribution is -2.62. The van der Waals surface area contributed by atoms with E-state index in [1.54, 1.807) is 44.2 Å². The van der Waals surface area contributed by atoms with E-state index >= 15 is 0 Å². The molecular weight excluding hydrogens is 1640 g/mol. The zero-order valence-electron chi connectivity index (χ0n) is 71.6. The number of nitrogens with zero attached hydrogens (tertiary/aromatic N) is 1. The van der Waals surface area contributed by atoms with Crippen molar-refractivity contribution in [2.75, 3.05) is 39.3 Å². The number of primary amides is 1. The normalized spacial score (nSPS) is 14.8. The number of aliphatic hydroxyl groups is 2. The number of carboxylic acid groups (broad SMARTS) is 3. The summed E-state index contributed by atoms with van der Waals surface area (Å²) in [7, 11) is 0. The number of aromatic amines is 1. The molecule has 0 aliphatic carbocycles. The van der Waals surface area contributed by atoms with Gasteiger partial charge in [-0.3, -0.25) is 86.9 Å². The van der Waals surface area contributed by atoms with E-state index in [0.29, 0.717) is 31.2 Å². The van der Waals surface area contributed by atoms with Gasteiger partial charge in [0.25, 0.3) is 0 Å². The Morgan fingerprint density at radius 3 is 1.16 bits per heavy atom. The molecule has 47 nitrogen and oxygen atoms in total. The number of aliphatic carboxylic acids is 3. The molecule has 700 valence electrons. The Bertz CT molecular complexity index is 3880. The van der Waals surface area contributed by atoms with E-state index < -0.39 is 273 Å². The highest BCUT2D eigenvalue weighted by Gasteiger charge is 2.40. The van der Waals surface area contributed by atoms with Crippen LogP contribution in [0.5, 0.6) is 0 Å². The van der Waals surface area contributed by atoms with Crippen molar-refractivity contribution in [3.8, 4) is 0 Å². The second-order valence-corrected chi connectivity index (χ2v) is 31.0. The van der Waals surface area contributed by atoms with E-state index in [-0.39, 0.29) is 89.7 Å². The number of carbonyl (C=O) groups excluding carboxylic acids is 15. The number of nitrogens with two attached hydrogens (primary N) is 6. The summed E-state index contributed by atoms with van der Waals surface area (Å²) in [4.78, 5) is 252. The molecule has 0 bridgehead atoms. The highest BCUT2D eigenvalue weighted by Crippen LogP contribution is 2.16. The quantitative estimate of drug-likeness (QED) is 0.0166. The number of aliphatic hydroxyl groups excluding tert-OH is 2. The minimum absolute atomic E-state index is 0.00414. The number of H-pyrrole nitrogens is 1. The summed E-state index contributed by atoms with van der Waals surface area (Å²) in [6.45, 7) is 9.25. The van der Waals surface area contributed by atoms with Gasteiger partial charge in [-0.05, 0) is 140 Å². The van der Waals surface area contributed by atoms with Crippen molar-refractivity contribution >= 4 is 112 Å². The third-order valence-electron chi connectivity index (χ3n) is 19.5. The van der Waals surface area contributed by atoms with E-state index in [2.05, 4.69) is 89.7 Å². The van der Waals surface area contributed by atoms with Gasteiger partial charge in [0.15, 0.2) is 5.96 Å². The Morgan fingerprint density at radius 2 is 0.760 bits per heavy atom. The van der Waals surface area contributed by atoms with Gasteiger partial charge in [0.1, 0.15) is 84.6 Å². The summed E-state index contributed by atoms with van der Waals surface area (Å²) in [5.74, 6) is -22.1. The molecule has 0 unspecified atom stereocenters. The highest BCUT2D eigenvalue weighted by molar-refractivity contribution is 6.01. The number of aromatic nitrogens is 2. The van der Waals surface area contributed by atoms with Gasteiger partial charge in [-0.2, -0.15) is 0 Å². The molecule has 0 fully saturated rings. The first-order chi connectivity index (χ1) is 59.0. The topological polar surface area (TPSA) is 798 Å². The van der Waals surface area contributed by atoms with Crippen LogP contribution in [0.15, 0.2) is 42.9 Å². The van der Waals surface area contributed by atoms with Crippen molar-refractivity contribution in [1.82, 2.24) is 89.7 Å². The molecular formula is C78H130N24O23. The zero-order chi connectivity index (χ0) is 94.2. The SMILES string of the molecule is CC(C)[C@H](NC(=O)CNC(=O)[C@H](Cc1c[nH]cn1)NC(=O)[C@@H](NC(=O)[C@@H](NC(=O)[C@H](CCC(=O)O)NC(=O)[C@H](CCCCN)NC(=O)[C@@H](NC(=O)[C@H](CCCCN)NC(=O)[C@@H](N)CO)[C@@H](C)O)C(C)C)C(C)C)C(=O)N[C@@H](CCCCN)C(=O)N[C@@H](Cc1ccccc1)C(=O)N[C@@H](CCC(=O)O)C(=O)N[C@@H](CCCNC(=N)N)C(=O)N[C@@H](CCC(N)=O)C(=O)O. The van der Waals surface area contributed by atoms with Crippen LogP contribution in [0.1, 0.15) is 169 Å².